The highest BCUT2D eigenvalue weighted by atomic mass is 32.1. The third-order valence-corrected chi connectivity index (χ3v) is 5.06. The highest BCUT2D eigenvalue weighted by Crippen LogP contribution is 2.39. The molecular weight excluding hydrogens is 340 g/mol. The molecular formula is C16H16N6O2S. The molecule has 4 rings (SSSR count). The first kappa shape index (κ1) is 15.6. The Balaban J connectivity index is 1.92. The van der Waals surface area contributed by atoms with Gasteiger partial charge in [-0.1, -0.05) is 0 Å². The molecule has 128 valence electrons. The number of hydrogen-bond donors (Lipinski definition) is 3. The fraction of sp³-hybridized carbons (Fsp3) is 0.250. The van der Waals surface area contributed by atoms with Crippen molar-refractivity contribution in [1.29, 1.82) is 0 Å². The van der Waals surface area contributed by atoms with Gasteiger partial charge < -0.3 is 21.5 Å². The van der Waals surface area contributed by atoms with E-state index in [2.05, 4.69) is 20.3 Å². The van der Waals surface area contributed by atoms with Gasteiger partial charge in [0.2, 0.25) is 11.8 Å². The van der Waals surface area contributed by atoms with E-state index in [9.17, 15) is 4.79 Å². The number of methoxy groups -OCH3 is 1. The number of pyridine rings is 1. The van der Waals surface area contributed by atoms with Gasteiger partial charge in [0.15, 0.2) is 0 Å². The average molecular weight is 356 g/mol. The maximum absolute atomic E-state index is 11.7. The molecule has 5 N–H and O–H groups in total. The van der Waals surface area contributed by atoms with Crippen LogP contribution < -0.4 is 21.5 Å². The molecule has 0 atom stereocenters. The topological polar surface area (TPSA) is 129 Å². The standard InChI is InChI=1S/C16H16N6O2S/c1-24-9-5-2-7(6-19-9)12-10-11(17)13(14(18)23)25-15(10)22-16(21-12)20-8-3-4-8/h2,5-6,8H,3-4,17H2,1H3,(H2,18,23)(H,20,21,22). The molecule has 0 aliphatic heterocycles. The van der Waals surface area contributed by atoms with E-state index < -0.39 is 5.91 Å². The fourth-order valence-corrected chi connectivity index (χ4v) is 3.48. The number of nitrogen functional groups attached to an aromatic ring is 1. The minimum absolute atomic E-state index is 0.288. The number of nitrogens with two attached hydrogens (primary N) is 2. The van der Waals surface area contributed by atoms with Gasteiger partial charge in [-0.05, 0) is 18.9 Å². The summed E-state index contributed by atoms with van der Waals surface area (Å²) in [6.07, 6.45) is 3.85. The molecule has 1 fully saturated rings. The summed E-state index contributed by atoms with van der Waals surface area (Å²) in [5, 5.41) is 3.90. The van der Waals surface area contributed by atoms with E-state index in [4.69, 9.17) is 16.2 Å². The molecule has 0 radical (unpaired) electrons. The molecule has 3 heterocycles. The molecule has 25 heavy (non-hydrogen) atoms. The van der Waals surface area contributed by atoms with Gasteiger partial charge in [0, 0.05) is 23.9 Å². The number of nitrogens with one attached hydrogen (secondary N) is 1. The largest absolute Gasteiger partial charge is 0.481 e. The minimum atomic E-state index is -0.573. The van der Waals surface area contributed by atoms with Crippen LogP contribution in [0.15, 0.2) is 18.3 Å². The summed E-state index contributed by atoms with van der Waals surface area (Å²) in [4.78, 5) is 25.9. The molecule has 1 saturated carbocycles. The maximum atomic E-state index is 11.7. The fourth-order valence-electron chi connectivity index (χ4n) is 2.53. The molecule has 8 nitrogen and oxygen atoms in total. The van der Waals surface area contributed by atoms with Crippen molar-refractivity contribution < 1.29 is 9.53 Å². The summed E-state index contributed by atoms with van der Waals surface area (Å²) < 4.78 is 5.10. The maximum Gasteiger partial charge on any atom is 0.260 e. The van der Waals surface area contributed by atoms with Gasteiger partial charge in [0.1, 0.15) is 9.71 Å². The van der Waals surface area contributed by atoms with Gasteiger partial charge in [0.25, 0.3) is 5.91 Å². The number of amides is 1. The van der Waals surface area contributed by atoms with Crippen molar-refractivity contribution in [2.24, 2.45) is 5.73 Å². The molecule has 0 spiro atoms. The summed E-state index contributed by atoms with van der Waals surface area (Å²) in [5.41, 5.74) is 13.3. The van der Waals surface area contributed by atoms with Crippen molar-refractivity contribution in [3.63, 3.8) is 0 Å². The zero-order valence-corrected chi connectivity index (χ0v) is 14.3. The number of ether oxygens (including phenoxy) is 1. The van der Waals surface area contributed by atoms with Crippen LogP contribution in [-0.2, 0) is 0 Å². The Labute approximate surface area is 147 Å². The van der Waals surface area contributed by atoms with Crippen LogP contribution in [0.2, 0.25) is 0 Å². The average Bonchev–Trinajstić information content (AvgIpc) is 3.36. The zero-order valence-electron chi connectivity index (χ0n) is 13.4. The van der Waals surface area contributed by atoms with Gasteiger partial charge in [-0.2, -0.15) is 0 Å². The Hall–Kier alpha value is -2.94. The third kappa shape index (κ3) is 2.82. The van der Waals surface area contributed by atoms with Crippen LogP contribution in [0.3, 0.4) is 0 Å². The first-order chi connectivity index (χ1) is 12.1. The van der Waals surface area contributed by atoms with E-state index in [0.717, 1.165) is 18.4 Å². The van der Waals surface area contributed by atoms with E-state index >= 15 is 0 Å². The number of carbonyl (C=O) groups excluding carboxylic acids is 1. The van der Waals surface area contributed by atoms with Crippen LogP contribution in [0.5, 0.6) is 5.88 Å². The number of thiophene rings is 1. The van der Waals surface area contributed by atoms with E-state index in [1.807, 2.05) is 6.07 Å². The van der Waals surface area contributed by atoms with E-state index in [0.29, 0.717) is 39.5 Å². The third-order valence-electron chi connectivity index (χ3n) is 3.94. The van der Waals surface area contributed by atoms with Crippen molar-refractivity contribution >= 4 is 39.1 Å². The van der Waals surface area contributed by atoms with E-state index in [1.165, 1.54) is 11.3 Å². The second-order valence-corrected chi connectivity index (χ2v) is 6.79. The molecule has 3 aromatic rings. The lowest BCUT2D eigenvalue weighted by atomic mass is 10.1. The smallest absolute Gasteiger partial charge is 0.260 e. The van der Waals surface area contributed by atoms with Crippen LogP contribution in [0, 0.1) is 0 Å². The van der Waals surface area contributed by atoms with Crippen molar-refractivity contribution in [3.8, 4) is 17.1 Å². The van der Waals surface area contributed by atoms with Crippen molar-refractivity contribution in [3.05, 3.63) is 23.2 Å². The Kier molecular flexibility index (Phi) is 3.65. The van der Waals surface area contributed by atoms with E-state index in [1.54, 1.807) is 19.4 Å². The number of carbonyl (C=O) groups is 1. The van der Waals surface area contributed by atoms with Gasteiger partial charge >= 0.3 is 0 Å². The second kappa shape index (κ2) is 5.85. The summed E-state index contributed by atoms with van der Waals surface area (Å²) in [6, 6.07) is 3.98. The van der Waals surface area contributed by atoms with Crippen LogP contribution in [0.25, 0.3) is 21.5 Å². The summed E-state index contributed by atoms with van der Waals surface area (Å²) in [6.45, 7) is 0. The summed E-state index contributed by atoms with van der Waals surface area (Å²) in [5.74, 6) is 0.440. The lowest BCUT2D eigenvalue weighted by molar-refractivity contribution is 0.100. The molecule has 0 bridgehead atoms. The Morgan fingerprint density at radius 1 is 1.36 bits per heavy atom. The summed E-state index contributed by atoms with van der Waals surface area (Å²) >= 11 is 1.17. The normalized spacial score (nSPS) is 13.8. The lowest BCUT2D eigenvalue weighted by Gasteiger charge is -2.08. The van der Waals surface area contributed by atoms with Gasteiger partial charge in [-0.3, -0.25) is 4.79 Å². The number of primary amides is 1. The Morgan fingerprint density at radius 2 is 2.16 bits per heavy atom. The number of fused-ring (bicyclic) bond motifs is 1. The minimum Gasteiger partial charge on any atom is -0.481 e. The van der Waals surface area contributed by atoms with Crippen molar-refractivity contribution in [2.75, 3.05) is 18.2 Å². The molecule has 1 aliphatic rings. The Morgan fingerprint density at radius 3 is 2.76 bits per heavy atom. The van der Waals surface area contributed by atoms with Crippen LogP contribution in [0.4, 0.5) is 11.6 Å². The molecule has 0 saturated heterocycles. The summed E-state index contributed by atoms with van der Waals surface area (Å²) in [7, 11) is 1.55. The predicted octanol–water partition coefficient (Wildman–Crippen LogP) is 2.02. The number of nitrogens with zero attached hydrogens (tertiary/aromatic N) is 3. The van der Waals surface area contributed by atoms with Crippen LogP contribution in [0.1, 0.15) is 22.5 Å². The first-order valence-electron chi connectivity index (χ1n) is 7.73. The lowest BCUT2D eigenvalue weighted by Crippen LogP contribution is -2.10. The quantitative estimate of drug-likeness (QED) is 0.637. The van der Waals surface area contributed by atoms with Gasteiger partial charge in [-0.15, -0.1) is 11.3 Å². The Bertz CT molecular complexity index is 965. The van der Waals surface area contributed by atoms with Gasteiger partial charge in [-0.25, -0.2) is 15.0 Å². The zero-order chi connectivity index (χ0) is 17.6. The highest BCUT2D eigenvalue weighted by Gasteiger charge is 2.25. The number of aromatic nitrogens is 3. The SMILES string of the molecule is COc1ccc(-c2nc(NC3CC3)nc3sc(C(N)=O)c(N)c23)cn1. The monoisotopic (exact) mass is 356 g/mol. The van der Waals surface area contributed by atoms with Crippen LogP contribution in [-0.4, -0.2) is 34.0 Å². The van der Waals surface area contributed by atoms with Gasteiger partial charge in [0.05, 0.1) is 23.9 Å². The number of rotatable bonds is 5. The molecule has 9 heteroatoms. The van der Waals surface area contributed by atoms with Crippen molar-refractivity contribution in [1.82, 2.24) is 15.0 Å². The molecule has 0 unspecified atom stereocenters. The number of hydrogen-bond acceptors (Lipinski definition) is 8. The van der Waals surface area contributed by atoms with Crippen molar-refractivity contribution in [2.45, 2.75) is 18.9 Å². The number of anilines is 2. The predicted molar refractivity (Wildman–Crippen MR) is 96.8 cm³/mol. The molecule has 3 aromatic heterocycles. The molecule has 1 amide bonds. The first-order valence-corrected chi connectivity index (χ1v) is 8.55. The van der Waals surface area contributed by atoms with E-state index in [-0.39, 0.29) is 4.88 Å². The van der Waals surface area contributed by atoms with Crippen LogP contribution >= 0.6 is 11.3 Å². The second-order valence-electron chi connectivity index (χ2n) is 5.79. The molecule has 1 aliphatic carbocycles. The highest BCUT2D eigenvalue weighted by molar-refractivity contribution is 7.21. The molecule has 0 aromatic carbocycles.